The van der Waals surface area contributed by atoms with E-state index < -0.39 is 0 Å². The third-order valence-corrected chi connectivity index (χ3v) is 4.58. The number of aromatic nitrogens is 3. The summed E-state index contributed by atoms with van der Waals surface area (Å²) in [5.41, 5.74) is 3.19. The van der Waals surface area contributed by atoms with E-state index >= 15 is 0 Å². The van der Waals surface area contributed by atoms with Crippen LogP contribution in [0.3, 0.4) is 0 Å². The maximum atomic E-state index is 12.1. The van der Waals surface area contributed by atoms with E-state index in [0.29, 0.717) is 12.2 Å². The number of hydrogen-bond donors (Lipinski definition) is 1. The summed E-state index contributed by atoms with van der Waals surface area (Å²) in [6.45, 7) is 1.44. The molecule has 25 heavy (non-hydrogen) atoms. The maximum absolute atomic E-state index is 12.1. The number of aryl methyl sites for hydroxylation is 2. The van der Waals surface area contributed by atoms with E-state index in [1.165, 1.54) is 36.8 Å². The second kappa shape index (κ2) is 9.16. The van der Waals surface area contributed by atoms with Crippen LogP contribution in [0, 0.1) is 0 Å². The number of carbonyl (C=O) groups excluding carboxylic acids is 1. The largest absolute Gasteiger partial charge is 0.350 e. The zero-order chi connectivity index (χ0) is 17.3. The molecule has 0 bridgehead atoms. The van der Waals surface area contributed by atoms with Crippen LogP contribution in [0.5, 0.6) is 0 Å². The number of hydrogen-bond acceptors (Lipinski definition) is 3. The van der Waals surface area contributed by atoms with Gasteiger partial charge in [0.25, 0.3) is 5.91 Å². The molecule has 5 heteroatoms. The fraction of sp³-hybridized carbons (Fsp3) is 0.450. The lowest BCUT2D eigenvalue weighted by Crippen LogP contribution is -2.25. The summed E-state index contributed by atoms with van der Waals surface area (Å²) in [5, 5.41) is 11.0. The Morgan fingerprint density at radius 2 is 2.04 bits per heavy atom. The molecule has 0 fully saturated rings. The Kier molecular flexibility index (Phi) is 6.37. The Hall–Kier alpha value is -2.43. The molecule has 0 saturated carbocycles. The predicted molar refractivity (Wildman–Crippen MR) is 98.3 cm³/mol. The number of carbonyl (C=O) groups is 1. The Morgan fingerprint density at radius 1 is 1.16 bits per heavy atom. The number of amides is 1. The average Bonchev–Trinajstić information content (AvgIpc) is 3.12. The van der Waals surface area contributed by atoms with Gasteiger partial charge in [-0.1, -0.05) is 47.2 Å². The summed E-state index contributed by atoms with van der Waals surface area (Å²) in [5.74, 6) is -0.134. The van der Waals surface area contributed by atoms with Crippen LogP contribution in [0.2, 0.25) is 0 Å². The average molecular weight is 338 g/mol. The van der Waals surface area contributed by atoms with Crippen molar-refractivity contribution in [2.45, 2.75) is 51.5 Å². The molecule has 0 aliphatic heterocycles. The van der Waals surface area contributed by atoms with Gasteiger partial charge in [-0.15, -0.1) is 5.10 Å². The number of nitrogens with one attached hydrogen (secondary N) is 1. The smallest absolute Gasteiger partial charge is 0.273 e. The van der Waals surface area contributed by atoms with E-state index in [4.69, 9.17) is 0 Å². The summed E-state index contributed by atoms with van der Waals surface area (Å²) in [6, 6.07) is 10.4. The van der Waals surface area contributed by atoms with Crippen LogP contribution in [0.25, 0.3) is 0 Å². The van der Waals surface area contributed by atoms with E-state index in [-0.39, 0.29) is 5.91 Å². The minimum Gasteiger partial charge on any atom is -0.350 e. The fourth-order valence-electron chi connectivity index (χ4n) is 3.16. The van der Waals surface area contributed by atoms with Gasteiger partial charge < -0.3 is 5.32 Å². The van der Waals surface area contributed by atoms with Crippen molar-refractivity contribution in [3.63, 3.8) is 0 Å². The molecular weight excluding hydrogens is 312 g/mol. The first kappa shape index (κ1) is 17.4. The van der Waals surface area contributed by atoms with Crippen LogP contribution >= 0.6 is 0 Å². The summed E-state index contributed by atoms with van der Waals surface area (Å²) < 4.78 is 1.75. The molecule has 1 aliphatic rings. The molecule has 1 aliphatic carbocycles. The third kappa shape index (κ3) is 5.55. The van der Waals surface area contributed by atoms with E-state index in [9.17, 15) is 4.79 Å². The molecule has 5 nitrogen and oxygen atoms in total. The molecule has 1 heterocycles. The zero-order valence-corrected chi connectivity index (χ0v) is 14.7. The predicted octanol–water partition coefficient (Wildman–Crippen LogP) is 3.53. The molecule has 0 unspecified atom stereocenters. The molecule has 132 valence electrons. The Morgan fingerprint density at radius 3 is 2.84 bits per heavy atom. The van der Waals surface area contributed by atoms with Gasteiger partial charge in [-0.25, -0.2) is 0 Å². The van der Waals surface area contributed by atoms with Gasteiger partial charge in [-0.3, -0.25) is 9.48 Å². The van der Waals surface area contributed by atoms with Gasteiger partial charge in [0.15, 0.2) is 5.69 Å². The maximum Gasteiger partial charge on any atom is 0.273 e. The molecule has 1 aromatic heterocycles. The highest BCUT2D eigenvalue weighted by Gasteiger charge is 2.11. The quantitative estimate of drug-likeness (QED) is 0.749. The number of allylic oxidation sites excluding steroid dienone is 1. The van der Waals surface area contributed by atoms with Gasteiger partial charge in [0.1, 0.15) is 0 Å². The second-order valence-corrected chi connectivity index (χ2v) is 6.57. The molecule has 0 spiro atoms. The number of rotatable bonds is 8. The first-order valence-electron chi connectivity index (χ1n) is 9.21. The summed E-state index contributed by atoms with van der Waals surface area (Å²) in [4.78, 5) is 12.1. The normalized spacial score (nSPS) is 14.2. The van der Waals surface area contributed by atoms with Crippen molar-refractivity contribution < 1.29 is 4.79 Å². The van der Waals surface area contributed by atoms with Gasteiger partial charge in [-0.05, 0) is 50.5 Å². The van der Waals surface area contributed by atoms with Crippen LogP contribution in [-0.2, 0) is 13.0 Å². The lowest BCUT2D eigenvalue weighted by atomic mass is 9.97. The summed E-state index contributed by atoms with van der Waals surface area (Å²) >= 11 is 0. The van der Waals surface area contributed by atoms with Gasteiger partial charge >= 0.3 is 0 Å². The first-order chi connectivity index (χ1) is 12.3. The Balaban J connectivity index is 1.39. The van der Waals surface area contributed by atoms with Crippen LogP contribution in [0.4, 0.5) is 0 Å². The lowest BCUT2D eigenvalue weighted by Gasteiger charge is -2.12. The van der Waals surface area contributed by atoms with Crippen LogP contribution in [0.1, 0.15) is 54.6 Å². The molecule has 3 rings (SSSR count). The van der Waals surface area contributed by atoms with E-state index in [2.05, 4.69) is 46.0 Å². The third-order valence-electron chi connectivity index (χ3n) is 4.58. The van der Waals surface area contributed by atoms with Crippen LogP contribution in [-0.4, -0.2) is 27.4 Å². The number of nitrogens with zero attached hydrogens (tertiary/aromatic N) is 3. The molecule has 1 N–H and O–H groups in total. The van der Waals surface area contributed by atoms with Gasteiger partial charge in [-0.2, -0.15) is 0 Å². The Bertz CT molecular complexity index is 705. The zero-order valence-electron chi connectivity index (χ0n) is 14.7. The van der Waals surface area contributed by atoms with Crippen molar-refractivity contribution in [1.82, 2.24) is 20.3 Å². The highest BCUT2D eigenvalue weighted by Crippen LogP contribution is 2.19. The van der Waals surface area contributed by atoms with E-state index in [1.807, 2.05) is 6.07 Å². The lowest BCUT2D eigenvalue weighted by molar-refractivity contribution is 0.0949. The van der Waals surface area contributed by atoms with E-state index in [1.54, 1.807) is 10.9 Å². The summed E-state index contributed by atoms with van der Waals surface area (Å²) in [7, 11) is 0. The van der Waals surface area contributed by atoms with Crippen LogP contribution < -0.4 is 5.32 Å². The van der Waals surface area contributed by atoms with Crippen molar-refractivity contribution in [3.05, 3.63) is 59.4 Å². The molecule has 0 atom stereocenters. The number of benzene rings is 1. The molecule has 0 saturated heterocycles. The highest BCUT2D eigenvalue weighted by atomic mass is 16.2. The molecule has 0 radical (unpaired) electrons. The van der Waals surface area contributed by atoms with Crippen molar-refractivity contribution in [1.29, 1.82) is 0 Å². The van der Waals surface area contributed by atoms with Crippen molar-refractivity contribution in [2.75, 3.05) is 6.54 Å². The standard InChI is InChI=1S/C20H26N4O/c25-20(21-14-13-18-10-5-2-6-11-18)19-16-24(23-22-19)15-7-12-17-8-3-1-4-9-17/h1,3-4,8-10,16H,2,5-7,11-15H2,(H,21,25). The second-order valence-electron chi connectivity index (χ2n) is 6.57. The van der Waals surface area contributed by atoms with Gasteiger partial charge in [0, 0.05) is 13.1 Å². The molecule has 2 aromatic rings. The Labute approximate surface area is 149 Å². The molecule has 1 amide bonds. The SMILES string of the molecule is O=C(NCCC1=CCCCC1)c1cn(CCCc2ccccc2)nn1. The fourth-order valence-corrected chi connectivity index (χ4v) is 3.16. The molecular formula is C20H26N4O. The first-order valence-corrected chi connectivity index (χ1v) is 9.21. The highest BCUT2D eigenvalue weighted by molar-refractivity contribution is 5.91. The van der Waals surface area contributed by atoms with Crippen molar-refractivity contribution in [3.8, 4) is 0 Å². The minimum absolute atomic E-state index is 0.134. The van der Waals surface area contributed by atoms with Crippen molar-refractivity contribution in [2.24, 2.45) is 0 Å². The minimum atomic E-state index is -0.134. The monoisotopic (exact) mass is 338 g/mol. The van der Waals surface area contributed by atoms with Gasteiger partial charge in [0.2, 0.25) is 0 Å². The summed E-state index contributed by atoms with van der Waals surface area (Å²) in [6.07, 6.45) is 11.9. The van der Waals surface area contributed by atoms with Crippen molar-refractivity contribution >= 4 is 5.91 Å². The van der Waals surface area contributed by atoms with Gasteiger partial charge in [0.05, 0.1) is 6.20 Å². The molecule has 1 aromatic carbocycles. The van der Waals surface area contributed by atoms with Crippen LogP contribution in [0.15, 0.2) is 48.2 Å². The van der Waals surface area contributed by atoms with E-state index in [0.717, 1.165) is 25.8 Å². The topological polar surface area (TPSA) is 59.8 Å².